The van der Waals surface area contributed by atoms with Crippen molar-refractivity contribution in [1.29, 1.82) is 0 Å². The summed E-state index contributed by atoms with van der Waals surface area (Å²) in [4.78, 5) is 23.9. The zero-order valence-corrected chi connectivity index (χ0v) is 9.47. The Labute approximate surface area is 102 Å². The first-order valence-corrected chi connectivity index (χ1v) is 5.39. The van der Waals surface area contributed by atoms with Crippen LogP contribution in [-0.2, 0) is 4.79 Å². The largest absolute Gasteiger partial charge is 0.481 e. The molecule has 0 fully saturated rings. The molecule has 0 saturated heterocycles. The van der Waals surface area contributed by atoms with Crippen molar-refractivity contribution in [3.8, 4) is 0 Å². The van der Waals surface area contributed by atoms with E-state index in [0.717, 1.165) is 5.69 Å². The predicted molar refractivity (Wildman–Crippen MR) is 65.6 cm³/mol. The molecule has 7 nitrogen and oxygen atoms in total. The SMILES string of the molecule is NC(CNc1ccc2oc(=O)[nH]c2c1)CC(=O)O. The van der Waals surface area contributed by atoms with Gasteiger partial charge < -0.3 is 20.6 Å². The monoisotopic (exact) mass is 251 g/mol. The van der Waals surface area contributed by atoms with Gasteiger partial charge in [-0.05, 0) is 18.2 Å². The number of hydrogen-bond donors (Lipinski definition) is 4. The summed E-state index contributed by atoms with van der Waals surface area (Å²) in [5, 5.41) is 11.6. The van der Waals surface area contributed by atoms with Gasteiger partial charge in [0.25, 0.3) is 0 Å². The lowest BCUT2D eigenvalue weighted by atomic mass is 10.2. The topological polar surface area (TPSA) is 121 Å². The summed E-state index contributed by atoms with van der Waals surface area (Å²) in [6.45, 7) is 0.333. The Balaban J connectivity index is 2.03. The van der Waals surface area contributed by atoms with Crippen molar-refractivity contribution in [3.63, 3.8) is 0 Å². The number of nitrogens with one attached hydrogen (secondary N) is 2. The average Bonchev–Trinajstić information content (AvgIpc) is 2.64. The van der Waals surface area contributed by atoms with Crippen molar-refractivity contribution in [1.82, 2.24) is 4.98 Å². The van der Waals surface area contributed by atoms with Gasteiger partial charge in [0.1, 0.15) is 0 Å². The molecule has 0 aliphatic heterocycles. The number of carbonyl (C=O) groups is 1. The van der Waals surface area contributed by atoms with E-state index in [0.29, 0.717) is 17.6 Å². The summed E-state index contributed by atoms with van der Waals surface area (Å²) in [6.07, 6.45) is -0.0994. The third-order valence-electron chi connectivity index (χ3n) is 2.42. The molecule has 0 aliphatic rings. The van der Waals surface area contributed by atoms with Gasteiger partial charge in [-0.2, -0.15) is 0 Å². The molecule has 1 unspecified atom stereocenters. The van der Waals surface area contributed by atoms with Crippen molar-refractivity contribution in [3.05, 3.63) is 28.7 Å². The summed E-state index contributed by atoms with van der Waals surface area (Å²) in [5.74, 6) is -1.44. The third-order valence-corrected chi connectivity index (χ3v) is 2.42. The van der Waals surface area contributed by atoms with E-state index in [2.05, 4.69) is 10.3 Å². The zero-order valence-electron chi connectivity index (χ0n) is 9.47. The predicted octanol–water partition coefficient (Wildman–Crippen LogP) is 0.335. The number of nitrogens with two attached hydrogens (primary N) is 1. The van der Waals surface area contributed by atoms with Crippen molar-refractivity contribution in [2.75, 3.05) is 11.9 Å². The summed E-state index contributed by atoms with van der Waals surface area (Å²) in [5.41, 5.74) is 7.41. The Kier molecular flexibility index (Phi) is 3.33. The highest BCUT2D eigenvalue weighted by molar-refractivity contribution is 5.76. The second-order valence-electron chi connectivity index (χ2n) is 3.96. The fourth-order valence-electron chi connectivity index (χ4n) is 1.61. The lowest BCUT2D eigenvalue weighted by Gasteiger charge is -2.11. The molecule has 0 amide bonds. The molecule has 7 heteroatoms. The fraction of sp³-hybridized carbons (Fsp3) is 0.273. The molecular weight excluding hydrogens is 238 g/mol. The highest BCUT2D eigenvalue weighted by atomic mass is 16.4. The van der Waals surface area contributed by atoms with Crippen LogP contribution in [0.2, 0.25) is 0 Å². The van der Waals surface area contributed by atoms with Gasteiger partial charge in [-0.25, -0.2) is 4.79 Å². The Morgan fingerprint density at radius 3 is 3.06 bits per heavy atom. The summed E-state index contributed by atoms with van der Waals surface area (Å²) in [7, 11) is 0. The average molecular weight is 251 g/mol. The van der Waals surface area contributed by atoms with Gasteiger partial charge >= 0.3 is 11.7 Å². The number of hydrogen-bond acceptors (Lipinski definition) is 5. The van der Waals surface area contributed by atoms with E-state index in [1.165, 1.54) is 0 Å². The molecule has 2 rings (SSSR count). The maximum absolute atomic E-state index is 11.0. The van der Waals surface area contributed by atoms with E-state index in [9.17, 15) is 9.59 Å². The first-order chi connectivity index (χ1) is 8.54. The Bertz CT molecular complexity index is 616. The van der Waals surface area contributed by atoms with Crippen LogP contribution in [0.1, 0.15) is 6.42 Å². The number of aliphatic carboxylic acids is 1. The number of anilines is 1. The molecule has 0 saturated carbocycles. The second kappa shape index (κ2) is 4.92. The number of benzene rings is 1. The second-order valence-corrected chi connectivity index (χ2v) is 3.96. The number of oxazole rings is 1. The van der Waals surface area contributed by atoms with Gasteiger partial charge in [0, 0.05) is 18.3 Å². The standard InChI is InChI=1S/C11H13N3O4/c12-6(3-10(15)16)5-13-7-1-2-9-8(4-7)14-11(17)18-9/h1-2,4,6,13H,3,5,12H2,(H,14,17)(H,15,16). The molecular formula is C11H13N3O4. The smallest absolute Gasteiger partial charge is 0.417 e. The van der Waals surface area contributed by atoms with Crippen LogP contribution in [0.4, 0.5) is 5.69 Å². The Morgan fingerprint density at radius 2 is 2.33 bits per heavy atom. The lowest BCUT2D eigenvalue weighted by molar-refractivity contribution is -0.137. The highest BCUT2D eigenvalue weighted by Gasteiger charge is 2.08. The van der Waals surface area contributed by atoms with E-state index in [1.54, 1.807) is 18.2 Å². The van der Waals surface area contributed by atoms with E-state index < -0.39 is 17.8 Å². The van der Waals surface area contributed by atoms with Gasteiger partial charge in [-0.1, -0.05) is 0 Å². The molecule has 0 spiro atoms. The zero-order chi connectivity index (χ0) is 13.1. The number of carboxylic acid groups (broad SMARTS) is 1. The summed E-state index contributed by atoms with van der Waals surface area (Å²) in [6, 6.07) is 4.61. The van der Waals surface area contributed by atoms with Crippen molar-refractivity contribution in [2.45, 2.75) is 12.5 Å². The molecule has 96 valence electrons. The summed E-state index contributed by atoms with van der Waals surface area (Å²) < 4.78 is 4.86. The maximum atomic E-state index is 11.0. The van der Waals surface area contributed by atoms with Crippen LogP contribution in [-0.4, -0.2) is 28.6 Å². The molecule has 1 atom stereocenters. The molecule has 1 aromatic heterocycles. The first kappa shape index (κ1) is 12.2. The number of fused-ring (bicyclic) bond motifs is 1. The normalized spacial score (nSPS) is 12.5. The van der Waals surface area contributed by atoms with E-state index in [4.69, 9.17) is 15.3 Å². The van der Waals surface area contributed by atoms with Crippen LogP contribution in [0, 0.1) is 0 Å². The molecule has 0 aliphatic carbocycles. The minimum atomic E-state index is -0.932. The van der Waals surface area contributed by atoms with Crippen LogP contribution in [0.5, 0.6) is 0 Å². The van der Waals surface area contributed by atoms with Crippen LogP contribution in [0.3, 0.4) is 0 Å². The van der Waals surface area contributed by atoms with Crippen LogP contribution in [0.25, 0.3) is 11.1 Å². The fourth-order valence-corrected chi connectivity index (χ4v) is 1.61. The molecule has 5 N–H and O–H groups in total. The number of carboxylic acids is 1. The first-order valence-electron chi connectivity index (χ1n) is 5.39. The van der Waals surface area contributed by atoms with Crippen molar-refractivity contribution in [2.24, 2.45) is 5.73 Å². The van der Waals surface area contributed by atoms with E-state index >= 15 is 0 Å². The summed E-state index contributed by atoms with van der Waals surface area (Å²) >= 11 is 0. The van der Waals surface area contributed by atoms with Crippen LogP contribution in [0.15, 0.2) is 27.4 Å². The number of aromatic nitrogens is 1. The molecule has 1 heterocycles. The van der Waals surface area contributed by atoms with Gasteiger partial charge in [0.15, 0.2) is 5.58 Å². The Hall–Kier alpha value is -2.28. The van der Waals surface area contributed by atoms with E-state index in [1.807, 2.05) is 0 Å². The quantitative estimate of drug-likeness (QED) is 0.607. The molecule has 1 aromatic carbocycles. The van der Waals surface area contributed by atoms with Gasteiger partial charge in [0.05, 0.1) is 11.9 Å². The minimum Gasteiger partial charge on any atom is -0.481 e. The van der Waals surface area contributed by atoms with Crippen LogP contribution < -0.4 is 16.8 Å². The highest BCUT2D eigenvalue weighted by Crippen LogP contribution is 2.15. The number of rotatable bonds is 5. The van der Waals surface area contributed by atoms with Gasteiger partial charge in [-0.15, -0.1) is 0 Å². The molecule has 18 heavy (non-hydrogen) atoms. The molecule has 0 radical (unpaired) electrons. The third kappa shape index (κ3) is 2.89. The number of aromatic amines is 1. The van der Waals surface area contributed by atoms with Crippen LogP contribution >= 0.6 is 0 Å². The van der Waals surface area contributed by atoms with E-state index in [-0.39, 0.29) is 6.42 Å². The van der Waals surface area contributed by atoms with Crippen molar-refractivity contribution < 1.29 is 14.3 Å². The Morgan fingerprint density at radius 1 is 1.56 bits per heavy atom. The van der Waals surface area contributed by atoms with Crippen molar-refractivity contribution >= 4 is 22.8 Å². The number of H-pyrrole nitrogens is 1. The van der Waals surface area contributed by atoms with Gasteiger partial charge in [0.2, 0.25) is 0 Å². The maximum Gasteiger partial charge on any atom is 0.417 e. The lowest BCUT2D eigenvalue weighted by Crippen LogP contribution is -2.31. The molecule has 0 bridgehead atoms. The minimum absolute atomic E-state index is 0.0994. The van der Waals surface area contributed by atoms with Gasteiger partial charge in [-0.3, -0.25) is 9.78 Å². The molecule has 2 aromatic rings.